The van der Waals surface area contributed by atoms with Gasteiger partial charge in [-0.15, -0.1) is 0 Å². The molecule has 20 rings (SSSR count). The number of pyridine rings is 3. The van der Waals surface area contributed by atoms with Crippen molar-refractivity contribution in [2.45, 2.75) is 77.6 Å². The second-order valence-corrected chi connectivity index (χ2v) is 34.3. The Hall–Kier alpha value is -17.4. The molecule has 15 heterocycles. The van der Waals surface area contributed by atoms with Crippen LogP contribution in [0.3, 0.4) is 0 Å². The number of carbonyl (C=O) groups excluding carboxylic acids is 4. The van der Waals surface area contributed by atoms with Crippen molar-refractivity contribution >= 4 is 125 Å². The van der Waals surface area contributed by atoms with Gasteiger partial charge in [-0.1, -0.05) is 6.07 Å². The van der Waals surface area contributed by atoms with Crippen LogP contribution in [0.5, 0.6) is 52.5 Å². The Balaban J connectivity index is 0.000000134. The van der Waals surface area contributed by atoms with Crippen LogP contribution in [0, 0.1) is 20.8 Å². The number of amides is 4. The van der Waals surface area contributed by atoms with Gasteiger partial charge < -0.3 is 128 Å². The number of H-pyrrole nitrogens is 4. The molecule has 11 N–H and O–H groups in total. The molecule has 0 radical (unpaired) electrons. The summed E-state index contributed by atoms with van der Waals surface area (Å²) < 4.78 is 79.1. The summed E-state index contributed by atoms with van der Waals surface area (Å²) in [5.41, 5.74) is 17.7. The van der Waals surface area contributed by atoms with E-state index in [2.05, 4.69) is 87.1 Å². The molecule has 147 heavy (non-hydrogen) atoms. The van der Waals surface area contributed by atoms with E-state index < -0.39 is 0 Å². The van der Waals surface area contributed by atoms with Gasteiger partial charge in [-0.25, -0.2) is 15.0 Å². The minimum atomic E-state index is -0.223. The molecule has 5 aromatic carbocycles. The van der Waals surface area contributed by atoms with Gasteiger partial charge in [0.25, 0.3) is 23.6 Å². The molecule has 17 aromatic rings. The number of nitrogens with zero attached hydrogens (tertiary/aromatic N) is 13. The van der Waals surface area contributed by atoms with E-state index in [4.69, 9.17) is 95.9 Å². The minimum absolute atomic E-state index is 0.0182. The molecule has 12 aromatic heterocycles. The summed E-state index contributed by atoms with van der Waals surface area (Å²) in [5, 5.41) is 24.0. The molecule has 3 fully saturated rings. The van der Waals surface area contributed by atoms with E-state index in [1.54, 1.807) is 160 Å². The molecule has 3 aliphatic heterocycles. The van der Waals surface area contributed by atoms with Gasteiger partial charge in [-0.05, 0) is 140 Å². The Morgan fingerprint density at radius 2 is 0.782 bits per heavy atom. The molecule has 42 nitrogen and oxygen atoms in total. The Morgan fingerprint density at radius 1 is 0.395 bits per heavy atom. The van der Waals surface area contributed by atoms with Crippen molar-refractivity contribution in [1.29, 1.82) is 0 Å². The molecule has 0 spiro atoms. The highest BCUT2D eigenvalue weighted by molar-refractivity contribution is 6.04. The first-order valence-electron chi connectivity index (χ1n) is 47.4. The molecular weight excluding hydrogens is 1890 g/mol. The quantitative estimate of drug-likeness (QED) is 0.0180. The minimum Gasteiger partial charge on any atom is -0.495 e. The zero-order valence-electron chi connectivity index (χ0n) is 83.5. The van der Waals surface area contributed by atoms with Crippen LogP contribution in [0.4, 0.5) is 46.5 Å². The standard InChI is InChI=1S/C30H32N6O6.C27H30N6O3.C26H28N6O5.C22H22N6O4/c1-17-33-23-6-4-18(14-25(23)41-17)21-16-32-27-26(21)29(42-20-8-11-40-12-9-20)36-30(35-27)34-22-7-5-19(15-24(22)39-3)28(37)31-10-13-38-2;1-16-13-19(26(34)33(3)4)5-6-22(16)30-27-31-24-23(25(32-27)36-20-8-11-35-12-9-20)21(15-29-24)18-7-10-28-17(2)14-18;1-27-24(33)15-4-6-19(20(12-15)34-2)30-26-31-23-22(25(32-26)37-17-8-10-36-11-9-17)18(14-29-23)16-5-7-21(35-3)28-13-16;1-23-20(29)12-5-7-15(16(9-12)30-2)26-22-27-19-18(21(28-22)32-4)14(11-25-19)13-6-8-17(31-3)24-10-13/h4-7,14-16,20H,8-13H2,1-3H3,(H,31,37)(H2,32,34,35,36);5-7,10,13-15,20H,8-9,11-12H2,1-4H3,(H2,29,30,31,32);4-7,12-14,17H,8-11H2,1-3H3,(H,27,33)(H2,29,30,31,32);5-11H,1-4H3,(H,23,29)(H2,25,26,27,28). The largest absolute Gasteiger partial charge is 0.495 e. The van der Waals surface area contributed by atoms with Gasteiger partial charge in [0.1, 0.15) is 63.7 Å². The fourth-order valence-corrected chi connectivity index (χ4v) is 16.8. The van der Waals surface area contributed by atoms with E-state index in [-0.39, 0.29) is 41.9 Å². The smallest absolute Gasteiger partial charge is 0.253 e. The first kappa shape index (κ1) is 101. The van der Waals surface area contributed by atoms with Gasteiger partial charge in [-0.3, -0.25) is 24.2 Å². The van der Waals surface area contributed by atoms with Crippen LogP contribution in [0.1, 0.15) is 97.1 Å². The number of hydrogen-bond donors (Lipinski definition) is 11. The predicted molar refractivity (Wildman–Crippen MR) is 553 cm³/mol. The highest BCUT2D eigenvalue weighted by atomic mass is 16.5. The molecule has 0 atom stereocenters. The lowest BCUT2D eigenvalue weighted by molar-refractivity contribution is 0.0242. The number of hydrogen-bond acceptors (Lipinski definition) is 34. The lowest BCUT2D eigenvalue weighted by atomic mass is 10.1. The number of carbonyl (C=O) groups is 4. The molecule has 3 aliphatic rings. The Labute approximate surface area is 843 Å². The van der Waals surface area contributed by atoms with Crippen LogP contribution >= 0.6 is 0 Å². The fourth-order valence-electron chi connectivity index (χ4n) is 16.8. The number of anilines is 8. The average Bonchev–Trinajstić information content (AvgIpc) is 1.79. The van der Waals surface area contributed by atoms with E-state index in [0.717, 1.165) is 127 Å². The second kappa shape index (κ2) is 46.8. The van der Waals surface area contributed by atoms with Crippen molar-refractivity contribution in [2.75, 3.05) is 152 Å². The maximum Gasteiger partial charge on any atom is 0.253 e. The SMILES string of the molecule is CNC(=O)c1ccc(Nc2nc(OC)c3c(-c4ccc(OC)nc4)c[nH]c3n2)c(OC)c1.CNC(=O)c1ccc(Nc2nc(OC3CCOCC3)c3c(-c4ccc(OC)nc4)c[nH]c3n2)c(OC)c1.COCCNC(=O)c1ccc(Nc2nc(OC3CCOCC3)c3c(-c4ccc5nc(C)oc5c4)c[nH]c3n2)c(OC)c1.Cc1cc(-c2c[nH]c3nc(Nc4ccc(C(=O)N(C)C)cc4C)nc(OC4CCOCC4)c23)ccn1. The Morgan fingerprint density at radius 3 is 1.16 bits per heavy atom. The lowest BCUT2D eigenvalue weighted by Gasteiger charge is -2.23. The van der Waals surface area contributed by atoms with Crippen molar-refractivity contribution in [3.8, 4) is 97.0 Å². The van der Waals surface area contributed by atoms with Crippen LogP contribution in [0.25, 0.3) is 99.7 Å². The molecule has 0 bridgehead atoms. The third kappa shape index (κ3) is 23.8. The third-order valence-corrected chi connectivity index (χ3v) is 24.4. The molecule has 0 saturated carbocycles. The summed E-state index contributed by atoms with van der Waals surface area (Å²) in [4.78, 5) is 118. The number of benzene rings is 5. The van der Waals surface area contributed by atoms with Gasteiger partial charge in [0.2, 0.25) is 59.1 Å². The van der Waals surface area contributed by atoms with Crippen LogP contribution in [-0.2, 0) is 18.9 Å². The zero-order valence-corrected chi connectivity index (χ0v) is 83.5. The summed E-state index contributed by atoms with van der Waals surface area (Å²) in [7, 11) is 17.5. The number of aryl methyl sites for hydroxylation is 3. The highest BCUT2D eigenvalue weighted by Gasteiger charge is 2.30. The number of nitrogens with one attached hydrogen (secondary N) is 11. The maximum atomic E-state index is 12.5. The Bertz CT molecular complexity index is 7560. The Kier molecular flexibility index (Phi) is 32.2. The normalized spacial score (nSPS) is 13.2. The van der Waals surface area contributed by atoms with E-state index in [1.807, 2.05) is 100 Å². The molecule has 4 amide bonds. The van der Waals surface area contributed by atoms with Crippen LogP contribution in [0.2, 0.25) is 0 Å². The van der Waals surface area contributed by atoms with Crippen LogP contribution < -0.4 is 79.8 Å². The van der Waals surface area contributed by atoms with E-state index in [9.17, 15) is 19.2 Å². The van der Waals surface area contributed by atoms with E-state index in [1.165, 1.54) is 14.2 Å². The summed E-state index contributed by atoms with van der Waals surface area (Å²) in [5.74, 6) is 5.59. The zero-order chi connectivity index (χ0) is 103. The second-order valence-electron chi connectivity index (χ2n) is 34.3. The summed E-state index contributed by atoms with van der Waals surface area (Å²) in [6.45, 7) is 10.5. The van der Waals surface area contributed by atoms with Crippen molar-refractivity contribution in [3.05, 3.63) is 210 Å². The first-order valence-corrected chi connectivity index (χ1v) is 47.4. The predicted octanol–water partition coefficient (Wildman–Crippen LogP) is 16.2. The fraction of sp³-hybridized carbons (Fsp3) is 0.295. The van der Waals surface area contributed by atoms with Crippen molar-refractivity contribution in [2.24, 2.45) is 0 Å². The number of methoxy groups -OCH3 is 7. The van der Waals surface area contributed by atoms with E-state index in [0.29, 0.717) is 202 Å². The molecule has 3 saturated heterocycles. The third-order valence-electron chi connectivity index (χ3n) is 24.4. The molecular formula is C105H112N24O18. The summed E-state index contributed by atoms with van der Waals surface area (Å²) in [6.07, 6.45) is 17.4. The number of fused-ring (bicyclic) bond motifs is 5. The molecule has 760 valence electrons. The number of oxazole rings is 1. The van der Waals surface area contributed by atoms with Crippen LogP contribution in [0.15, 0.2) is 175 Å². The van der Waals surface area contributed by atoms with E-state index >= 15 is 0 Å². The topological polar surface area (TPSA) is 507 Å². The van der Waals surface area contributed by atoms with Gasteiger partial charge in [0.15, 0.2) is 11.5 Å². The van der Waals surface area contributed by atoms with Crippen molar-refractivity contribution in [1.82, 2.24) is 101 Å². The average molecular weight is 2000 g/mol. The highest BCUT2D eigenvalue weighted by Crippen LogP contribution is 2.44. The molecule has 42 heteroatoms. The van der Waals surface area contributed by atoms with Crippen LogP contribution in [-0.4, -0.2) is 257 Å². The van der Waals surface area contributed by atoms with Gasteiger partial charge >= 0.3 is 0 Å². The molecule has 0 aliphatic carbocycles. The molecule has 0 unspecified atom stereocenters. The number of aromatic amines is 4. The summed E-state index contributed by atoms with van der Waals surface area (Å²) >= 11 is 0. The number of rotatable bonds is 31. The number of ether oxygens (including phenoxy) is 13. The van der Waals surface area contributed by atoms with Crippen molar-refractivity contribution in [3.63, 3.8) is 0 Å². The maximum absolute atomic E-state index is 12.5. The lowest BCUT2D eigenvalue weighted by Crippen LogP contribution is -2.26. The summed E-state index contributed by atoms with van der Waals surface area (Å²) in [6, 6.07) is 38.1. The van der Waals surface area contributed by atoms with Gasteiger partial charge in [-0.2, -0.15) is 39.9 Å². The first-order chi connectivity index (χ1) is 71.6. The van der Waals surface area contributed by atoms with Crippen molar-refractivity contribution < 1.29 is 85.2 Å². The number of aromatic nitrogens is 16. The monoisotopic (exact) mass is 2000 g/mol. The van der Waals surface area contributed by atoms with Gasteiger partial charge in [0.05, 0.1) is 128 Å². The van der Waals surface area contributed by atoms with Gasteiger partial charge in [0, 0.05) is 210 Å².